The van der Waals surface area contributed by atoms with Crippen LogP contribution in [0.3, 0.4) is 0 Å². The Morgan fingerprint density at radius 3 is 1.24 bits per heavy atom. The van der Waals surface area contributed by atoms with Gasteiger partial charge in [0.2, 0.25) is 0 Å². The molecular formula is C16H10O8S. The van der Waals surface area contributed by atoms with Crippen LogP contribution in [0.15, 0.2) is 46.2 Å². The Labute approximate surface area is 144 Å². The van der Waals surface area contributed by atoms with Gasteiger partial charge in [0.15, 0.2) is 0 Å². The summed E-state index contributed by atoms with van der Waals surface area (Å²) in [6.45, 7) is 0. The molecular weight excluding hydrogens is 352 g/mol. The third-order valence-corrected chi connectivity index (χ3v) is 4.28. The van der Waals surface area contributed by atoms with E-state index < -0.39 is 46.1 Å². The molecule has 0 aliphatic heterocycles. The minimum absolute atomic E-state index is 0.0163. The van der Waals surface area contributed by atoms with Crippen LogP contribution < -0.4 is 0 Å². The molecule has 0 aromatic heterocycles. The smallest absolute Gasteiger partial charge is 0.337 e. The second-order valence-corrected chi connectivity index (χ2v) is 5.76. The van der Waals surface area contributed by atoms with Crippen molar-refractivity contribution < 1.29 is 39.6 Å². The minimum Gasteiger partial charge on any atom is -0.478 e. The highest BCUT2D eigenvalue weighted by atomic mass is 32.2. The maximum atomic E-state index is 11.4. The average molecular weight is 362 g/mol. The summed E-state index contributed by atoms with van der Waals surface area (Å²) in [6.07, 6.45) is 0. The fraction of sp³-hybridized carbons (Fsp3) is 0. The normalized spacial score (nSPS) is 10.2. The number of aromatic carboxylic acids is 4. The van der Waals surface area contributed by atoms with Crippen molar-refractivity contribution in [2.45, 2.75) is 9.79 Å². The van der Waals surface area contributed by atoms with Gasteiger partial charge < -0.3 is 20.4 Å². The average Bonchev–Trinajstić information content (AvgIpc) is 2.53. The molecule has 0 bridgehead atoms. The summed E-state index contributed by atoms with van der Waals surface area (Å²) >= 11 is 0.672. The van der Waals surface area contributed by atoms with Crippen LogP contribution in [0.5, 0.6) is 0 Å². The first-order chi connectivity index (χ1) is 11.7. The molecule has 0 aliphatic carbocycles. The molecule has 0 amide bonds. The zero-order valence-electron chi connectivity index (χ0n) is 12.3. The molecule has 8 nitrogen and oxygen atoms in total. The highest BCUT2D eigenvalue weighted by Gasteiger charge is 2.24. The lowest BCUT2D eigenvalue weighted by Crippen LogP contribution is -2.11. The molecule has 0 unspecified atom stereocenters. The molecule has 0 fully saturated rings. The lowest BCUT2D eigenvalue weighted by molar-refractivity contribution is 0.0647. The van der Waals surface area contributed by atoms with Crippen LogP contribution in [0, 0.1) is 0 Å². The largest absolute Gasteiger partial charge is 0.478 e. The first-order valence-corrected chi connectivity index (χ1v) is 7.42. The Balaban J connectivity index is 2.66. The Hall–Kier alpha value is -3.33. The number of carboxylic acids is 4. The monoisotopic (exact) mass is 362 g/mol. The number of rotatable bonds is 6. The van der Waals surface area contributed by atoms with Gasteiger partial charge in [-0.25, -0.2) is 19.2 Å². The number of hydrogen-bond acceptors (Lipinski definition) is 5. The lowest BCUT2D eigenvalue weighted by atomic mass is 10.1. The molecule has 2 rings (SSSR count). The van der Waals surface area contributed by atoms with Crippen molar-refractivity contribution in [1.82, 2.24) is 0 Å². The lowest BCUT2D eigenvalue weighted by Gasteiger charge is -2.11. The van der Waals surface area contributed by atoms with Gasteiger partial charge in [-0.2, -0.15) is 0 Å². The molecule has 25 heavy (non-hydrogen) atoms. The van der Waals surface area contributed by atoms with Gasteiger partial charge >= 0.3 is 23.9 Å². The molecule has 128 valence electrons. The van der Waals surface area contributed by atoms with Gasteiger partial charge in [-0.3, -0.25) is 0 Å². The summed E-state index contributed by atoms with van der Waals surface area (Å²) in [5, 5.41) is 36.9. The molecule has 0 atom stereocenters. The summed E-state index contributed by atoms with van der Waals surface area (Å²) in [7, 11) is 0. The fourth-order valence-corrected chi connectivity index (χ4v) is 3.28. The van der Waals surface area contributed by atoms with Crippen LogP contribution in [0.4, 0.5) is 0 Å². The van der Waals surface area contributed by atoms with E-state index in [1.807, 2.05) is 0 Å². The van der Waals surface area contributed by atoms with Crippen LogP contribution in [-0.2, 0) is 0 Å². The van der Waals surface area contributed by atoms with Crippen molar-refractivity contribution in [3.05, 3.63) is 58.7 Å². The van der Waals surface area contributed by atoms with E-state index in [0.717, 1.165) is 12.1 Å². The zero-order valence-corrected chi connectivity index (χ0v) is 13.1. The minimum atomic E-state index is -1.49. The number of carboxylic acid groups (broad SMARTS) is 4. The second-order valence-electron chi connectivity index (χ2n) is 4.68. The Bertz CT molecular complexity index is 830. The van der Waals surface area contributed by atoms with E-state index in [9.17, 15) is 29.4 Å². The summed E-state index contributed by atoms with van der Waals surface area (Å²) in [6, 6.07) is 7.50. The quantitative estimate of drug-likeness (QED) is 0.608. The van der Waals surface area contributed by atoms with E-state index in [1.165, 1.54) is 24.3 Å². The van der Waals surface area contributed by atoms with E-state index in [0.29, 0.717) is 11.8 Å². The molecule has 0 spiro atoms. The Kier molecular flexibility index (Phi) is 5.08. The molecule has 0 heterocycles. The first-order valence-electron chi connectivity index (χ1n) is 6.61. The van der Waals surface area contributed by atoms with Crippen LogP contribution in [0.25, 0.3) is 0 Å². The van der Waals surface area contributed by atoms with Gasteiger partial charge in [0.25, 0.3) is 0 Å². The first kappa shape index (κ1) is 18.0. The molecule has 2 aromatic rings. The summed E-state index contributed by atoms with van der Waals surface area (Å²) in [5.41, 5.74) is -1.92. The highest BCUT2D eigenvalue weighted by molar-refractivity contribution is 7.99. The maximum absolute atomic E-state index is 11.4. The SMILES string of the molecule is O=C(O)c1cccc(Sc2cccc(C(=O)O)c2C(=O)O)c1C(=O)O. The predicted molar refractivity (Wildman–Crippen MR) is 84.8 cm³/mol. The molecule has 0 aliphatic rings. The predicted octanol–water partition coefficient (Wildman–Crippen LogP) is 2.63. The van der Waals surface area contributed by atoms with Gasteiger partial charge in [0.05, 0.1) is 22.3 Å². The molecule has 0 saturated heterocycles. The van der Waals surface area contributed by atoms with Crippen molar-refractivity contribution >= 4 is 35.6 Å². The molecule has 9 heteroatoms. The van der Waals surface area contributed by atoms with E-state index in [1.54, 1.807) is 0 Å². The summed E-state index contributed by atoms with van der Waals surface area (Å²) in [5.74, 6) is -5.88. The zero-order chi connectivity index (χ0) is 18.7. The standard InChI is InChI=1S/C16H10O8S/c17-13(18)7-3-1-5-9(11(7)15(21)22)25-10-6-2-4-8(14(19)20)12(10)16(23)24/h1-6H,(H,17,18)(H,19,20)(H,21,22)(H,23,24). The third kappa shape index (κ3) is 3.61. The van der Waals surface area contributed by atoms with Crippen molar-refractivity contribution in [2.75, 3.05) is 0 Å². The van der Waals surface area contributed by atoms with Gasteiger partial charge in [0, 0.05) is 9.79 Å². The van der Waals surface area contributed by atoms with Crippen LogP contribution >= 0.6 is 11.8 Å². The van der Waals surface area contributed by atoms with Gasteiger partial charge in [-0.1, -0.05) is 23.9 Å². The third-order valence-electron chi connectivity index (χ3n) is 3.16. The fourth-order valence-electron chi connectivity index (χ4n) is 2.15. The van der Waals surface area contributed by atoms with Crippen molar-refractivity contribution in [3.8, 4) is 0 Å². The van der Waals surface area contributed by atoms with Gasteiger partial charge in [-0.05, 0) is 24.3 Å². The van der Waals surface area contributed by atoms with Crippen LogP contribution in [0.1, 0.15) is 41.4 Å². The van der Waals surface area contributed by atoms with Crippen molar-refractivity contribution in [1.29, 1.82) is 0 Å². The molecule has 0 saturated carbocycles. The van der Waals surface area contributed by atoms with E-state index >= 15 is 0 Å². The van der Waals surface area contributed by atoms with Gasteiger partial charge in [-0.15, -0.1) is 0 Å². The molecule has 2 aromatic carbocycles. The van der Waals surface area contributed by atoms with Crippen LogP contribution in [0.2, 0.25) is 0 Å². The van der Waals surface area contributed by atoms with Crippen molar-refractivity contribution in [2.24, 2.45) is 0 Å². The second kappa shape index (κ2) is 7.05. The van der Waals surface area contributed by atoms with Crippen LogP contribution in [-0.4, -0.2) is 44.3 Å². The maximum Gasteiger partial charge on any atom is 0.337 e. The van der Waals surface area contributed by atoms with E-state index in [-0.39, 0.29) is 9.79 Å². The topological polar surface area (TPSA) is 149 Å². The number of hydrogen-bond donors (Lipinski definition) is 4. The number of carbonyl (C=O) groups is 4. The molecule has 0 radical (unpaired) electrons. The van der Waals surface area contributed by atoms with E-state index in [2.05, 4.69) is 0 Å². The summed E-state index contributed by atoms with van der Waals surface area (Å²) in [4.78, 5) is 45.3. The summed E-state index contributed by atoms with van der Waals surface area (Å²) < 4.78 is 0. The number of benzene rings is 2. The van der Waals surface area contributed by atoms with E-state index in [4.69, 9.17) is 10.2 Å². The van der Waals surface area contributed by atoms with Gasteiger partial charge in [0.1, 0.15) is 0 Å². The Morgan fingerprint density at radius 2 is 0.960 bits per heavy atom. The highest BCUT2D eigenvalue weighted by Crippen LogP contribution is 2.35. The Morgan fingerprint density at radius 1 is 0.600 bits per heavy atom. The molecule has 4 N–H and O–H groups in total. The van der Waals surface area contributed by atoms with Crippen molar-refractivity contribution in [3.63, 3.8) is 0 Å².